The molecule has 0 fully saturated rings. The van der Waals surface area contributed by atoms with Gasteiger partial charge in [-0.3, -0.25) is 0 Å². The van der Waals surface area contributed by atoms with Gasteiger partial charge in [-0.1, -0.05) is 0 Å². The van der Waals surface area contributed by atoms with Gasteiger partial charge in [-0.2, -0.15) is 0 Å². The molecule has 0 saturated carbocycles. The van der Waals surface area contributed by atoms with Crippen LogP contribution >= 0.6 is 0 Å². The van der Waals surface area contributed by atoms with Gasteiger partial charge < -0.3 is 0 Å². The van der Waals surface area contributed by atoms with Crippen LogP contribution in [0.4, 0.5) is 0 Å². The van der Waals surface area contributed by atoms with Crippen molar-refractivity contribution < 1.29 is 1670 Å². The van der Waals surface area contributed by atoms with Gasteiger partial charge >= 0.3 is 0 Å². The van der Waals surface area contributed by atoms with Crippen molar-refractivity contribution >= 4 is 0 Å². The van der Waals surface area contributed by atoms with Gasteiger partial charge in [0.1, 0.15) is 0 Å². The summed E-state index contributed by atoms with van der Waals surface area (Å²) >= 11 is 0. The van der Waals surface area contributed by atoms with Crippen LogP contribution in [0, 0.1) is 1670 Å². The van der Waals surface area contributed by atoms with Crippen molar-refractivity contribution in [3.05, 3.63) is 0 Å². The molecule has 0 bridgehead atoms. The standard InChI is InChI=1S/40Ce. The summed E-state index contributed by atoms with van der Waals surface area (Å²) < 4.78 is 0. The van der Waals surface area contributed by atoms with Gasteiger partial charge in [0.2, 0.25) is 0 Å². The van der Waals surface area contributed by atoms with Crippen molar-refractivity contribution in [2.24, 2.45) is 0 Å². The van der Waals surface area contributed by atoms with E-state index in [-0.39, 0.29) is 1670 Å². The fraction of sp³-hybridized carbons (Fsp3) is 0. The topological polar surface area (TPSA) is 0 Å². The first-order valence-corrected chi connectivity index (χ1v) is 0. The summed E-state index contributed by atoms with van der Waals surface area (Å²) in [6.45, 7) is 0. The second kappa shape index (κ2) is 269. The molecular weight excluding hydrogens is 5600 g/mol. The van der Waals surface area contributed by atoms with E-state index in [0.29, 0.717) is 0 Å². The zero-order valence-electron chi connectivity index (χ0n) is 20.0. The molecule has 0 unspecified atom stereocenters. The fourth-order valence-electron chi connectivity index (χ4n) is 0. The number of hydrogen-bond donors (Lipinski definition) is 0. The molecular formula is Ce40. The van der Waals surface area contributed by atoms with Crippen molar-refractivity contribution in [3.63, 3.8) is 0 Å². The van der Waals surface area contributed by atoms with E-state index in [0.717, 1.165) is 0 Å². The molecule has 0 saturated heterocycles. The molecule has 0 aliphatic rings. The maximum atomic E-state index is 0. The van der Waals surface area contributed by atoms with E-state index in [1.54, 1.807) is 0 Å². The average molecular weight is 5600 g/mol. The fourth-order valence-corrected chi connectivity index (χ4v) is 0. The van der Waals surface area contributed by atoms with Gasteiger partial charge in [0.25, 0.3) is 0 Å². The number of hydrogen-bond acceptors (Lipinski definition) is 0. The Morgan fingerprint density at radius 1 is 0.0250 bits per heavy atom. The molecule has 40 heavy (non-hydrogen) atoms. The second-order valence-electron chi connectivity index (χ2n) is 0. The number of rotatable bonds is 0. The Hall–Kier alpha value is 55.1. The average Bonchev–Trinajstić information content (AvgIpc) is 0. The monoisotopic (exact) mass is 5600 g/mol. The van der Waals surface area contributed by atoms with Crippen LogP contribution in [0.1, 0.15) is 0 Å². The molecule has 160 valence electrons. The van der Waals surface area contributed by atoms with Crippen LogP contribution in [-0.2, 0) is 0 Å². The molecule has 0 atom stereocenters. The minimum atomic E-state index is 0. The summed E-state index contributed by atoms with van der Waals surface area (Å²) in [6.07, 6.45) is 0. The first kappa shape index (κ1) is 277. The van der Waals surface area contributed by atoms with Gasteiger partial charge in [-0.15, -0.1) is 0 Å². The smallest absolute Gasteiger partial charge is 0 e. The summed E-state index contributed by atoms with van der Waals surface area (Å²) in [5.41, 5.74) is 0. The van der Waals surface area contributed by atoms with Crippen molar-refractivity contribution in [2.75, 3.05) is 0 Å². The van der Waals surface area contributed by atoms with E-state index >= 15 is 0 Å². The van der Waals surface area contributed by atoms with E-state index < -0.39 is 0 Å². The molecule has 0 aromatic heterocycles. The summed E-state index contributed by atoms with van der Waals surface area (Å²) in [4.78, 5) is 0. The molecule has 0 spiro atoms. The van der Waals surface area contributed by atoms with E-state index in [1.165, 1.54) is 0 Å². The molecule has 0 nitrogen and oxygen atoms in total. The maximum absolute atomic E-state index is 0. The molecule has 0 aliphatic heterocycles. The van der Waals surface area contributed by atoms with Crippen molar-refractivity contribution in [3.8, 4) is 0 Å². The predicted molar refractivity (Wildman–Crippen MR) is 0 cm³/mol. The summed E-state index contributed by atoms with van der Waals surface area (Å²) in [5.74, 6) is 0. The summed E-state index contributed by atoms with van der Waals surface area (Å²) in [6, 6.07) is 0. The predicted octanol–water partition coefficient (Wildman–Crippen LogP) is 0. The van der Waals surface area contributed by atoms with Crippen LogP contribution in [0.5, 0.6) is 0 Å². The third-order valence-electron chi connectivity index (χ3n) is 0. The van der Waals surface area contributed by atoms with Crippen LogP contribution in [0.3, 0.4) is 0 Å². The third-order valence-corrected chi connectivity index (χ3v) is 0. The zero-order valence-corrected chi connectivity index (χ0v) is 146. The summed E-state index contributed by atoms with van der Waals surface area (Å²) in [5, 5.41) is 0. The third kappa shape index (κ3) is 260. The molecule has 0 N–H and O–H groups in total. The van der Waals surface area contributed by atoms with Crippen LogP contribution in [0.25, 0.3) is 0 Å². The van der Waals surface area contributed by atoms with Gasteiger partial charge in [-0.05, 0) is 0 Å². The van der Waals surface area contributed by atoms with Gasteiger partial charge in [0, 0.05) is 1670 Å². The van der Waals surface area contributed by atoms with Crippen molar-refractivity contribution in [2.45, 2.75) is 0 Å². The SMILES string of the molecule is [Ce].[Ce].[Ce].[Ce].[Ce].[Ce].[Ce].[Ce].[Ce].[Ce].[Ce].[Ce].[Ce].[Ce].[Ce].[Ce].[Ce].[Ce].[Ce].[Ce].[Ce].[Ce].[Ce].[Ce].[Ce].[Ce].[Ce].[Ce].[Ce].[Ce].[Ce].[Ce].[Ce].[Ce].[Ce].[Ce].[Ce].[Ce].[Ce].[Ce]. The van der Waals surface area contributed by atoms with Crippen LogP contribution in [0.15, 0.2) is 0 Å². The normalized spacial score (nSPS) is 0. The molecule has 0 heterocycles. The van der Waals surface area contributed by atoms with Crippen molar-refractivity contribution in [1.82, 2.24) is 0 Å². The molecule has 40 heteroatoms. The molecule has 0 radical (unpaired) electrons. The molecule has 0 rings (SSSR count). The Bertz CT molecular complexity index is 0. The van der Waals surface area contributed by atoms with E-state index in [4.69, 9.17) is 0 Å². The van der Waals surface area contributed by atoms with E-state index in [9.17, 15) is 0 Å². The molecule has 0 aromatic rings. The Labute approximate surface area is 1600 Å². The molecule has 0 aromatic carbocycles. The van der Waals surface area contributed by atoms with Crippen molar-refractivity contribution in [1.29, 1.82) is 0 Å². The maximum Gasteiger partial charge on any atom is 0 e. The van der Waals surface area contributed by atoms with Gasteiger partial charge in [0.15, 0.2) is 0 Å². The Kier molecular flexibility index (Phi) is 1860. The quantitative estimate of drug-likeness (QED) is 0.321. The second-order valence-corrected chi connectivity index (χ2v) is 0. The van der Waals surface area contributed by atoms with Crippen LogP contribution in [-0.4, -0.2) is 0 Å². The van der Waals surface area contributed by atoms with E-state index in [2.05, 4.69) is 0 Å². The van der Waals surface area contributed by atoms with Crippen LogP contribution in [0.2, 0.25) is 0 Å². The first-order chi connectivity index (χ1) is 0. The Morgan fingerprint density at radius 2 is 0.0250 bits per heavy atom. The Balaban J connectivity index is 0. The van der Waals surface area contributed by atoms with Gasteiger partial charge in [-0.25, -0.2) is 0 Å². The minimum absolute atomic E-state index is 0. The molecule has 0 aliphatic carbocycles. The first-order valence-electron chi connectivity index (χ1n) is 0. The Morgan fingerprint density at radius 3 is 0.0250 bits per heavy atom. The zero-order chi connectivity index (χ0) is 0. The summed E-state index contributed by atoms with van der Waals surface area (Å²) in [7, 11) is 0. The molecule has 0 amide bonds. The van der Waals surface area contributed by atoms with Crippen LogP contribution < -0.4 is 0 Å². The largest absolute Gasteiger partial charge is 0 e. The minimum Gasteiger partial charge on any atom is 0 e. The van der Waals surface area contributed by atoms with Gasteiger partial charge in [0.05, 0.1) is 0 Å². The van der Waals surface area contributed by atoms with E-state index in [1.807, 2.05) is 0 Å².